The van der Waals surface area contributed by atoms with Crippen molar-refractivity contribution in [2.45, 2.75) is 13.8 Å². The second-order valence-corrected chi connectivity index (χ2v) is 3.17. The Balaban J connectivity index is 3.28. The molecule has 0 aromatic carbocycles. The summed E-state index contributed by atoms with van der Waals surface area (Å²) < 4.78 is 0.356. The van der Waals surface area contributed by atoms with E-state index in [4.69, 9.17) is 12.2 Å². The lowest BCUT2D eigenvalue weighted by molar-refractivity contribution is 1.07. The van der Waals surface area contributed by atoms with Crippen molar-refractivity contribution in [1.29, 1.82) is 0 Å². The average molecular weight is 182 g/mol. The minimum absolute atomic E-state index is 0.175. The van der Waals surface area contributed by atoms with E-state index in [1.165, 1.54) is 6.07 Å². The molecule has 1 rings (SSSR count). The molecule has 3 nitrogen and oxygen atoms in total. The molecule has 0 unspecified atom stereocenters. The highest BCUT2D eigenvalue weighted by molar-refractivity contribution is 7.71. The van der Waals surface area contributed by atoms with Crippen molar-refractivity contribution in [2.75, 3.05) is 0 Å². The van der Waals surface area contributed by atoms with Gasteiger partial charge in [-0.2, -0.15) is 0 Å². The third-order valence-electron chi connectivity index (χ3n) is 1.23. The second kappa shape index (κ2) is 3.49. The maximum absolute atomic E-state index is 10.9. The summed E-state index contributed by atoms with van der Waals surface area (Å²) in [6.45, 7) is 3.91. The fraction of sp³-hybridized carbons (Fsp3) is 0.250. The minimum Gasteiger partial charge on any atom is -0.332 e. The van der Waals surface area contributed by atoms with Crippen LogP contribution in [0.2, 0.25) is 0 Å². The molecule has 2 N–H and O–H groups in total. The molecule has 0 fully saturated rings. The topological polar surface area (TPSA) is 48.6 Å². The van der Waals surface area contributed by atoms with Gasteiger partial charge in [-0.15, -0.1) is 0 Å². The van der Waals surface area contributed by atoms with Crippen LogP contribution in [0.25, 0.3) is 6.08 Å². The molecule has 1 aromatic rings. The van der Waals surface area contributed by atoms with E-state index < -0.39 is 0 Å². The van der Waals surface area contributed by atoms with Crippen LogP contribution >= 0.6 is 12.2 Å². The van der Waals surface area contributed by atoms with Crippen LogP contribution in [-0.2, 0) is 0 Å². The van der Waals surface area contributed by atoms with Gasteiger partial charge in [0.15, 0.2) is 4.77 Å². The Kier molecular flexibility index (Phi) is 2.60. The number of H-pyrrole nitrogens is 2. The number of nitrogens with one attached hydrogen (secondary N) is 2. The quantitative estimate of drug-likeness (QED) is 0.651. The van der Waals surface area contributed by atoms with Gasteiger partial charge in [-0.1, -0.05) is 5.57 Å². The number of aromatic amines is 2. The molecule has 12 heavy (non-hydrogen) atoms. The Bertz CT molecular complexity index is 381. The molecule has 0 amide bonds. The fourth-order valence-electron chi connectivity index (χ4n) is 0.876. The second-order valence-electron chi connectivity index (χ2n) is 2.76. The van der Waals surface area contributed by atoms with Crippen molar-refractivity contribution in [2.24, 2.45) is 0 Å². The van der Waals surface area contributed by atoms with Crippen LogP contribution in [0, 0.1) is 4.77 Å². The average Bonchev–Trinajstić information content (AvgIpc) is 1.81. The first-order chi connectivity index (χ1) is 5.58. The van der Waals surface area contributed by atoms with E-state index >= 15 is 0 Å². The third-order valence-corrected chi connectivity index (χ3v) is 1.43. The molecule has 0 aliphatic carbocycles. The summed E-state index contributed by atoms with van der Waals surface area (Å²) in [7, 11) is 0. The molecular weight excluding hydrogens is 172 g/mol. The van der Waals surface area contributed by atoms with Gasteiger partial charge in [0.2, 0.25) is 0 Å². The van der Waals surface area contributed by atoms with Gasteiger partial charge >= 0.3 is 0 Å². The minimum atomic E-state index is -0.175. The summed E-state index contributed by atoms with van der Waals surface area (Å²) in [6.07, 6.45) is 1.87. The van der Waals surface area contributed by atoms with Crippen LogP contribution < -0.4 is 5.56 Å². The van der Waals surface area contributed by atoms with Crippen molar-refractivity contribution in [3.05, 3.63) is 32.5 Å². The first-order valence-electron chi connectivity index (χ1n) is 3.56. The summed E-state index contributed by atoms with van der Waals surface area (Å²) in [5.41, 5.74) is 1.68. The fourth-order valence-corrected chi connectivity index (χ4v) is 1.09. The van der Waals surface area contributed by atoms with Crippen molar-refractivity contribution in [3.8, 4) is 0 Å². The molecule has 64 valence electrons. The zero-order valence-electron chi connectivity index (χ0n) is 6.97. The Morgan fingerprint density at radius 1 is 1.50 bits per heavy atom. The highest BCUT2D eigenvalue weighted by atomic mass is 32.1. The summed E-state index contributed by atoms with van der Waals surface area (Å²) in [5, 5.41) is 0. The van der Waals surface area contributed by atoms with E-state index in [1.807, 2.05) is 19.9 Å². The van der Waals surface area contributed by atoms with E-state index in [0.29, 0.717) is 4.77 Å². The van der Waals surface area contributed by atoms with Gasteiger partial charge in [-0.05, 0) is 32.1 Å². The lowest BCUT2D eigenvalue weighted by Gasteiger charge is -1.93. The van der Waals surface area contributed by atoms with E-state index in [-0.39, 0.29) is 5.56 Å². The molecule has 0 bridgehead atoms. The van der Waals surface area contributed by atoms with Crippen molar-refractivity contribution >= 4 is 18.3 Å². The summed E-state index contributed by atoms with van der Waals surface area (Å²) >= 11 is 4.80. The van der Waals surface area contributed by atoms with Crippen LogP contribution in [0.1, 0.15) is 19.5 Å². The largest absolute Gasteiger partial charge is 0.332 e. The Labute approximate surface area is 75.2 Å². The monoisotopic (exact) mass is 182 g/mol. The lowest BCUT2D eigenvalue weighted by Crippen LogP contribution is -2.06. The molecule has 0 atom stereocenters. The van der Waals surface area contributed by atoms with Crippen LogP contribution in [-0.4, -0.2) is 9.97 Å². The van der Waals surface area contributed by atoms with Gasteiger partial charge in [-0.25, -0.2) is 0 Å². The standard InChI is InChI=1S/C8H10N2OS/c1-5(2)3-6-4-7(11)10-8(12)9-6/h3-4H,1-2H3,(H2,9,10,11,12). The van der Waals surface area contributed by atoms with Gasteiger partial charge in [0, 0.05) is 11.8 Å². The van der Waals surface area contributed by atoms with Crippen LogP contribution in [0.5, 0.6) is 0 Å². The van der Waals surface area contributed by atoms with E-state index in [1.54, 1.807) is 0 Å². The predicted octanol–water partition coefficient (Wildman–Crippen LogP) is 1.86. The predicted molar refractivity (Wildman–Crippen MR) is 51.6 cm³/mol. The van der Waals surface area contributed by atoms with Crippen molar-refractivity contribution in [1.82, 2.24) is 9.97 Å². The summed E-state index contributed by atoms with van der Waals surface area (Å²) in [6, 6.07) is 1.48. The summed E-state index contributed by atoms with van der Waals surface area (Å²) in [4.78, 5) is 16.2. The zero-order chi connectivity index (χ0) is 9.14. The van der Waals surface area contributed by atoms with Crippen LogP contribution in [0.3, 0.4) is 0 Å². The smallest absolute Gasteiger partial charge is 0.252 e. The van der Waals surface area contributed by atoms with E-state index in [2.05, 4.69) is 9.97 Å². The van der Waals surface area contributed by atoms with Crippen LogP contribution in [0.15, 0.2) is 16.4 Å². The molecule has 0 spiro atoms. The van der Waals surface area contributed by atoms with Gasteiger partial charge in [0.25, 0.3) is 5.56 Å². The van der Waals surface area contributed by atoms with E-state index in [9.17, 15) is 4.79 Å². The molecule has 0 saturated heterocycles. The Hall–Kier alpha value is -1.16. The number of rotatable bonds is 1. The SMILES string of the molecule is CC(C)=Cc1cc(=O)[nH]c(=S)[nH]1. The number of allylic oxidation sites excluding steroid dienone is 1. The van der Waals surface area contributed by atoms with E-state index in [0.717, 1.165) is 11.3 Å². The summed E-state index contributed by atoms with van der Waals surface area (Å²) in [5.74, 6) is 0. The number of aromatic nitrogens is 2. The zero-order valence-corrected chi connectivity index (χ0v) is 7.79. The first kappa shape index (κ1) is 8.93. The maximum atomic E-state index is 10.9. The normalized spacial score (nSPS) is 9.50. The molecule has 0 aliphatic rings. The molecule has 0 aliphatic heterocycles. The number of hydrogen-bond acceptors (Lipinski definition) is 2. The maximum Gasteiger partial charge on any atom is 0.252 e. The number of hydrogen-bond donors (Lipinski definition) is 2. The molecule has 0 radical (unpaired) electrons. The van der Waals surface area contributed by atoms with Gasteiger partial charge < -0.3 is 4.98 Å². The molecular formula is C8H10N2OS. The molecule has 1 heterocycles. The lowest BCUT2D eigenvalue weighted by atomic mass is 10.3. The molecule has 4 heteroatoms. The Morgan fingerprint density at radius 2 is 2.17 bits per heavy atom. The van der Waals surface area contributed by atoms with Crippen molar-refractivity contribution in [3.63, 3.8) is 0 Å². The van der Waals surface area contributed by atoms with Gasteiger partial charge in [0.1, 0.15) is 0 Å². The highest BCUT2D eigenvalue weighted by Crippen LogP contribution is 1.98. The first-order valence-corrected chi connectivity index (χ1v) is 3.97. The third kappa shape index (κ3) is 2.47. The molecule has 0 saturated carbocycles. The highest BCUT2D eigenvalue weighted by Gasteiger charge is 1.89. The van der Waals surface area contributed by atoms with Gasteiger partial charge in [-0.3, -0.25) is 9.78 Å². The van der Waals surface area contributed by atoms with Crippen LogP contribution in [0.4, 0.5) is 0 Å². The molecule has 1 aromatic heterocycles. The van der Waals surface area contributed by atoms with Crippen molar-refractivity contribution < 1.29 is 0 Å². The van der Waals surface area contributed by atoms with Gasteiger partial charge in [0.05, 0.1) is 0 Å². The Morgan fingerprint density at radius 3 is 2.67 bits per heavy atom.